The van der Waals surface area contributed by atoms with Crippen LogP contribution in [0.1, 0.15) is 155 Å². The molecule has 1 unspecified atom stereocenters. The predicted octanol–water partition coefficient (Wildman–Crippen LogP) is 7.59. The summed E-state index contributed by atoms with van der Waals surface area (Å²) in [4.78, 5) is 40.1. The summed E-state index contributed by atoms with van der Waals surface area (Å²) < 4.78 is 28.1. The number of carbonyl (C=O) groups excluding carboxylic acids is 2. The summed E-state index contributed by atoms with van der Waals surface area (Å²) in [6.07, 6.45) is 21.0. The number of carbonyl (C=O) groups is 3. The molecule has 266 valence electrons. The van der Waals surface area contributed by atoms with Gasteiger partial charge in [-0.3, -0.25) is 23.9 Å². The Morgan fingerprint density at radius 1 is 0.556 bits per heavy atom. The summed E-state index contributed by atoms with van der Waals surface area (Å²) in [7, 11) is 1.29. The first kappa shape index (κ1) is 43.2. The fraction of sp³-hybridized carbons (Fsp3) is 0.912. The van der Waals surface area contributed by atoms with Crippen LogP contribution in [0.4, 0.5) is 0 Å². The second kappa shape index (κ2) is 32.2. The molecule has 0 heterocycles. The van der Waals surface area contributed by atoms with Crippen molar-refractivity contribution in [3.63, 3.8) is 0 Å². The van der Waals surface area contributed by atoms with E-state index in [1.165, 1.54) is 90.6 Å². The standard InChI is InChI=1S/C34H65NO10/c1-4-6-8-10-12-14-16-18-20-22-26-41-33(39)30-45-34(43-28-24-25-32(37)38,44-29-31(36)35-40-3)42-27-23-21-19-17-15-13-11-9-7-5-2/h4-30H2,1-3H3,(H,35,36)(H,37,38). The maximum atomic E-state index is 12.5. The minimum absolute atomic E-state index is 0.0934. The molecule has 0 saturated heterocycles. The third-order valence-corrected chi connectivity index (χ3v) is 7.31. The lowest BCUT2D eigenvalue weighted by molar-refractivity contribution is -0.495. The number of carboxylic acid groups (broad SMARTS) is 1. The maximum Gasteiger partial charge on any atom is 0.413 e. The van der Waals surface area contributed by atoms with Crippen LogP contribution < -0.4 is 5.48 Å². The number of unbranched alkanes of at least 4 members (excludes halogenated alkanes) is 18. The van der Waals surface area contributed by atoms with E-state index >= 15 is 0 Å². The van der Waals surface area contributed by atoms with Gasteiger partial charge in [-0.05, 0) is 19.3 Å². The zero-order valence-electron chi connectivity index (χ0n) is 28.7. The van der Waals surface area contributed by atoms with E-state index in [1.54, 1.807) is 0 Å². The van der Waals surface area contributed by atoms with E-state index in [9.17, 15) is 14.4 Å². The van der Waals surface area contributed by atoms with Crippen molar-refractivity contribution < 1.29 is 48.0 Å². The van der Waals surface area contributed by atoms with Crippen LogP contribution in [0.3, 0.4) is 0 Å². The number of esters is 1. The Balaban J connectivity index is 4.76. The number of hydroxylamine groups is 1. The molecule has 11 heteroatoms. The van der Waals surface area contributed by atoms with E-state index in [4.69, 9.17) is 28.8 Å². The molecule has 0 aliphatic carbocycles. The quantitative estimate of drug-likeness (QED) is 0.0306. The summed E-state index contributed by atoms with van der Waals surface area (Å²) in [5, 5.41) is 9.00. The summed E-state index contributed by atoms with van der Waals surface area (Å²) in [6, 6.07) is 0. The van der Waals surface area contributed by atoms with Crippen LogP contribution in [0, 0.1) is 0 Å². The molecule has 2 N–H and O–H groups in total. The average molecular weight is 648 g/mol. The largest absolute Gasteiger partial charge is 0.481 e. The van der Waals surface area contributed by atoms with Gasteiger partial charge in [-0.2, -0.15) is 0 Å². The lowest BCUT2D eigenvalue weighted by Crippen LogP contribution is -2.46. The molecule has 0 fully saturated rings. The van der Waals surface area contributed by atoms with E-state index in [0.717, 1.165) is 38.5 Å². The monoisotopic (exact) mass is 647 g/mol. The number of hydrogen-bond donors (Lipinski definition) is 2. The van der Waals surface area contributed by atoms with Gasteiger partial charge in [0.2, 0.25) is 0 Å². The Labute approximate surface area is 272 Å². The lowest BCUT2D eigenvalue weighted by atomic mass is 10.1. The SMILES string of the molecule is CCCCCCCCCCCCOC(=O)COC(OCCCCCCCCCCCC)(OCCCC(=O)O)OCC(=O)NOC. The molecule has 1 atom stereocenters. The number of amides is 1. The maximum absolute atomic E-state index is 12.5. The molecule has 0 spiro atoms. The second-order valence-electron chi connectivity index (χ2n) is 11.6. The highest BCUT2D eigenvalue weighted by molar-refractivity contribution is 5.76. The Morgan fingerprint density at radius 3 is 1.44 bits per heavy atom. The Morgan fingerprint density at radius 2 is 0.978 bits per heavy atom. The van der Waals surface area contributed by atoms with E-state index < -0.39 is 37.2 Å². The predicted molar refractivity (Wildman–Crippen MR) is 173 cm³/mol. The topological polar surface area (TPSA) is 139 Å². The average Bonchev–Trinajstić information content (AvgIpc) is 3.02. The molecule has 45 heavy (non-hydrogen) atoms. The lowest BCUT2D eigenvalue weighted by Gasteiger charge is -2.31. The highest BCUT2D eigenvalue weighted by Crippen LogP contribution is 2.21. The van der Waals surface area contributed by atoms with Crippen molar-refractivity contribution in [2.24, 2.45) is 0 Å². The van der Waals surface area contributed by atoms with E-state index in [-0.39, 0.29) is 32.7 Å². The molecule has 1 amide bonds. The van der Waals surface area contributed by atoms with E-state index in [1.807, 2.05) is 0 Å². The normalized spacial score (nSPS) is 12.6. The van der Waals surface area contributed by atoms with Gasteiger partial charge >= 0.3 is 18.1 Å². The van der Waals surface area contributed by atoms with Gasteiger partial charge in [-0.1, -0.05) is 129 Å². The third-order valence-electron chi connectivity index (χ3n) is 7.31. The van der Waals surface area contributed by atoms with Crippen molar-refractivity contribution in [3.05, 3.63) is 0 Å². The summed E-state index contributed by atoms with van der Waals surface area (Å²) >= 11 is 0. The van der Waals surface area contributed by atoms with E-state index in [0.29, 0.717) is 6.42 Å². The third kappa shape index (κ3) is 29.4. The first-order valence-electron chi connectivity index (χ1n) is 17.6. The zero-order chi connectivity index (χ0) is 33.3. The second-order valence-corrected chi connectivity index (χ2v) is 11.6. The molecule has 0 rings (SSSR count). The number of hydrogen-bond acceptors (Lipinski definition) is 9. The summed E-state index contributed by atoms with van der Waals surface area (Å²) in [5.41, 5.74) is 2.14. The molecule has 0 radical (unpaired) electrons. The van der Waals surface area contributed by atoms with Gasteiger partial charge in [0.25, 0.3) is 5.91 Å². The molecule has 0 saturated carbocycles. The molecule has 11 nitrogen and oxygen atoms in total. The molecule has 0 aliphatic rings. The number of aliphatic carboxylic acids is 1. The van der Waals surface area contributed by atoms with Crippen molar-refractivity contribution in [3.8, 4) is 0 Å². The molecule has 0 aromatic heterocycles. The van der Waals surface area contributed by atoms with Crippen LogP contribution in [0.25, 0.3) is 0 Å². The van der Waals surface area contributed by atoms with Gasteiger partial charge in [-0.25, -0.2) is 10.3 Å². The molecule has 0 bridgehead atoms. The van der Waals surface area contributed by atoms with Crippen LogP contribution in [-0.2, 0) is 42.9 Å². The van der Waals surface area contributed by atoms with Crippen molar-refractivity contribution in [2.75, 3.05) is 40.1 Å². The van der Waals surface area contributed by atoms with E-state index in [2.05, 4.69) is 24.2 Å². The van der Waals surface area contributed by atoms with Crippen LogP contribution in [-0.4, -0.2) is 69.3 Å². The van der Waals surface area contributed by atoms with Crippen molar-refractivity contribution in [1.82, 2.24) is 5.48 Å². The first-order chi connectivity index (χ1) is 21.9. The van der Waals surface area contributed by atoms with Gasteiger partial charge in [-0.15, -0.1) is 0 Å². The van der Waals surface area contributed by atoms with Crippen LogP contribution in [0.5, 0.6) is 0 Å². The number of nitrogens with one attached hydrogen (secondary N) is 1. The van der Waals surface area contributed by atoms with Gasteiger partial charge < -0.3 is 19.3 Å². The smallest absolute Gasteiger partial charge is 0.413 e. The fourth-order valence-electron chi connectivity index (χ4n) is 4.72. The van der Waals surface area contributed by atoms with Gasteiger partial charge in [0, 0.05) is 6.42 Å². The van der Waals surface area contributed by atoms with Crippen LogP contribution in [0.15, 0.2) is 0 Å². The number of ether oxygens (including phenoxy) is 5. The molecular weight excluding hydrogens is 582 g/mol. The molecular formula is C34H65NO10. The minimum atomic E-state index is -2.18. The number of rotatable bonds is 35. The fourth-order valence-corrected chi connectivity index (χ4v) is 4.72. The molecule has 0 aromatic carbocycles. The number of carboxylic acids is 1. The van der Waals surface area contributed by atoms with Gasteiger partial charge in [0.15, 0.2) is 6.61 Å². The highest BCUT2D eigenvalue weighted by atomic mass is 17.0. The Hall–Kier alpha value is -1.79. The minimum Gasteiger partial charge on any atom is -0.481 e. The van der Waals surface area contributed by atoms with Gasteiger partial charge in [0.1, 0.15) is 6.61 Å². The van der Waals surface area contributed by atoms with Crippen LogP contribution >= 0.6 is 0 Å². The van der Waals surface area contributed by atoms with Gasteiger partial charge in [0.05, 0.1) is 26.9 Å². The Bertz CT molecular complexity index is 708. The van der Waals surface area contributed by atoms with Crippen LogP contribution in [0.2, 0.25) is 0 Å². The highest BCUT2D eigenvalue weighted by Gasteiger charge is 2.38. The Kier molecular flexibility index (Phi) is 30.9. The summed E-state index contributed by atoms with van der Waals surface area (Å²) in [5.74, 6) is -2.21. The summed E-state index contributed by atoms with van der Waals surface area (Å²) in [6.45, 7) is 3.74. The van der Waals surface area contributed by atoms with Crippen molar-refractivity contribution >= 4 is 17.8 Å². The molecule has 0 aromatic rings. The molecule has 0 aliphatic heterocycles. The van der Waals surface area contributed by atoms with Crippen molar-refractivity contribution in [2.45, 2.75) is 161 Å². The first-order valence-corrected chi connectivity index (χ1v) is 17.6. The van der Waals surface area contributed by atoms with Crippen molar-refractivity contribution in [1.29, 1.82) is 0 Å². The zero-order valence-corrected chi connectivity index (χ0v) is 28.7.